The van der Waals surface area contributed by atoms with E-state index in [1.54, 1.807) is 0 Å². The van der Waals surface area contributed by atoms with E-state index in [0.717, 1.165) is 57.6 Å². The smallest absolute Gasteiger partial charge is 0.165 e. The van der Waals surface area contributed by atoms with Crippen molar-refractivity contribution in [1.82, 2.24) is 10.2 Å². The summed E-state index contributed by atoms with van der Waals surface area (Å²) in [5.41, 5.74) is 0.150. The largest absolute Gasteiger partial charge is 0.505 e. The maximum atomic E-state index is 14.2. The van der Waals surface area contributed by atoms with E-state index in [1.165, 1.54) is 0 Å². The molecular weight excluding hydrogens is 333 g/mol. The molecule has 1 saturated heterocycles. The predicted octanol–water partition coefficient (Wildman–Crippen LogP) is 3.26. The lowest BCUT2D eigenvalue weighted by atomic mass is 9.76. The van der Waals surface area contributed by atoms with Gasteiger partial charge in [0.2, 0.25) is 0 Å². The molecule has 1 saturated carbocycles. The highest BCUT2D eigenvalue weighted by molar-refractivity contribution is 5.85. The molecule has 2 fully saturated rings. The molecule has 3 nitrogen and oxygen atoms in total. The minimum absolute atomic E-state index is 0. The van der Waals surface area contributed by atoms with Gasteiger partial charge in [0.25, 0.3) is 0 Å². The molecule has 22 heavy (non-hydrogen) atoms. The normalized spacial score (nSPS) is 20.5. The molecule has 2 N–H and O–H groups in total. The topological polar surface area (TPSA) is 35.5 Å². The van der Waals surface area contributed by atoms with Gasteiger partial charge in [0.1, 0.15) is 5.82 Å². The minimum Gasteiger partial charge on any atom is -0.505 e. The van der Waals surface area contributed by atoms with Crippen LogP contribution < -0.4 is 5.32 Å². The quantitative estimate of drug-likeness (QED) is 0.874. The third-order valence-electron chi connectivity index (χ3n) is 4.55. The summed E-state index contributed by atoms with van der Waals surface area (Å²) >= 11 is 0. The Hall–Kier alpha value is -0.620. The van der Waals surface area contributed by atoms with Crippen molar-refractivity contribution in [2.75, 3.05) is 26.2 Å². The first-order valence-corrected chi connectivity index (χ1v) is 7.30. The average molecular weight is 355 g/mol. The van der Waals surface area contributed by atoms with E-state index >= 15 is 0 Å². The van der Waals surface area contributed by atoms with Crippen LogP contribution in [0.2, 0.25) is 0 Å². The molecule has 2 aliphatic rings. The molecule has 1 heterocycles. The molecule has 0 spiro atoms. The number of nitrogens with one attached hydrogen (secondary N) is 1. The second kappa shape index (κ2) is 8.29. The first kappa shape index (κ1) is 19.4. The van der Waals surface area contributed by atoms with Crippen LogP contribution in [0.3, 0.4) is 0 Å². The van der Waals surface area contributed by atoms with Gasteiger partial charge in [-0.15, -0.1) is 24.8 Å². The highest BCUT2D eigenvalue weighted by atomic mass is 35.5. The molecule has 1 atom stereocenters. The van der Waals surface area contributed by atoms with Crippen molar-refractivity contribution >= 4 is 24.8 Å². The SMILES string of the molecule is Cl.Cl.Oc1c(F)ccc(F)c1[C@H](C1CCC1)N1CCNCC1. The lowest BCUT2D eigenvalue weighted by Crippen LogP contribution is -2.48. The van der Waals surface area contributed by atoms with Crippen LogP contribution in [-0.4, -0.2) is 36.2 Å². The Labute approximate surface area is 141 Å². The number of hydrogen-bond acceptors (Lipinski definition) is 3. The van der Waals surface area contributed by atoms with Crippen LogP contribution in [0.1, 0.15) is 30.9 Å². The van der Waals surface area contributed by atoms with Gasteiger partial charge in [-0.05, 0) is 30.9 Å². The molecule has 126 valence electrons. The van der Waals surface area contributed by atoms with Gasteiger partial charge in [0, 0.05) is 32.2 Å². The fourth-order valence-electron chi connectivity index (χ4n) is 3.27. The van der Waals surface area contributed by atoms with Gasteiger partial charge in [-0.2, -0.15) is 0 Å². The molecule has 0 amide bonds. The van der Waals surface area contributed by atoms with Gasteiger partial charge in [0.15, 0.2) is 11.6 Å². The van der Waals surface area contributed by atoms with Gasteiger partial charge in [0.05, 0.1) is 5.56 Å². The Balaban J connectivity index is 0.00000121. The summed E-state index contributed by atoms with van der Waals surface area (Å²) in [4.78, 5) is 2.18. The van der Waals surface area contributed by atoms with Gasteiger partial charge in [-0.3, -0.25) is 4.90 Å². The highest BCUT2D eigenvalue weighted by Gasteiger charge is 2.37. The second-order valence-electron chi connectivity index (χ2n) is 5.71. The minimum atomic E-state index is -0.735. The van der Waals surface area contributed by atoms with Crippen LogP contribution in [0.15, 0.2) is 12.1 Å². The summed E-state index contributed by atoms with van der Waals surface area (Å²) < 4.78 is 27.8. The zero-order chi connectivity index (χ0) is 14.1. The van der Waals surface area contributed by atoms with E-state index in [2.05, 4.69) is 10.2 Å². The molecule has 3 rings (SSSR count). The first-order valence-electron chi connectivity index (χ1n) is 7.30. The maximum absolute atomic E-state index is 14.2. The van der Waals surface area contributed by atoms with Gasteiger partial charge >= 0.3 is 0 Å². The van der Waals surface area contributed by atoms with E-state index in [9.17, 15) is 13.9 Å². The monoisotopic (exact) mass is 354 g/mol. The van der Waals surface area contributed by atoms with Gasteiger partial charge in [-0.25, -0.2) is 8.78 Å². The van der Waals surface area contributed by atoms with E-state index in [-0.39, 0.29) is 36.4 Å². The number of piperazine rings is 1. The van der Waals surface area contributed by atoms with E-state index in [4.69, 9.17) is 0 Å². The molecule has 1 aliphatic carbocycles. The lowest BCUT2D eigenvalue weighted by molar-refractivity contribution is 0.0788. The van der Waals surface area contributed by atoms with Crippen LogP contribution in [0.25, 0.3) is 0 Å². The van der Waals surface area contributed by atoms with Gasteiger partial charge in [-0.1, -0.05) is 6.42 Å². The van der Waals surface area contributed by atoms with Crippen molar-refractivity contribution in [2.45, 2.75) is 25.3 Å². The third-order valence-corrected chi connectivity index (χ3v) is 4.55. The number of rotatable bonds is 3. The Morgan fingerprint density at radius 3 is 2.23 bits per heavy atom. The number of nitrogens with zero attached hydrogens (tertiary/aromatic N) is 1. The number of hydrogen-bond donors (Lipinski definition) is 2. The first-order chi connectivity index (χ1) is 9.68. The van der Waals surface area contributed by atoms with Crippen LogP contribution >= 0.6 is 24.8 Å². The summed E-state index contributed by atoms with van der Waals surface area (Å²) in [5.74, 6) is -1.43. The summed E-state index contributed by atoms with van der Waals surface area (Å²) in [6.07, 6.45) is 3.17. The van der Waals surface area contributed by atoms with Crippen molar-refractivity contribution < 1.29 is 13.9 Å². The number of phenols is 1. The molecule has 1 aromatic carbocycles. The Morgan fingerprint density at radius 1 is 1.09 bits per heavy atom. The Bertz CT molecular complexity index is 495. The molecular formula is C15H22Cl2F2N2O. The van der Waals surface area contributed by atoms with E-state index in [0.29, 0.717) is 5.92 Å². The van der Waals surface area contributed by atoms with Crippen LogP contribution in [-0.2, 0) is 0 Å². The predicted molar refractivity (Wildman–Crippen MR) is 87.0 cm³/mol. The summed E-state index contributed by atoms with van der Waals surface area (Å²) in [5, 5.41) is 13.3. The summed E-state index contributed by atoms with van der Waals surface area (Å²) in [6.45, 7) is 3.30. The number of aromatic hydroxyl groups is 1. The molecule has 1 aromatic rings. The van der Waals surface area contributed by atoms with Crippen LogP contribution in [0.4, 0.5) is 8.78 Å². The van der Waals surface area contributed by atoms with E-state index < -0.39 is 17.4 Å². The summed E-state index contributed by atoms with van der Waals surface area (Å²) in [6, 6.07) is 1.91. The number of halogens is 4. The van der Waals surface area contributed by atoms with Crippen molar-refractivity contribution in [3.63, 3.8) is 0 Å². The van der Waals surface area contributed by atoms with Crippen molar-refractivity contribution in [3.05, 3.63) is 29.3 Å². The fraction of sp³-hybridized carbons (Fsp3) is 0.600. The molecule has 0 unspecified atom stereocenters. The average Bonchev–Trinajstić information content (AvgIpc) is 2.41. The maximum Gasteiger partial charge on any atom is 0.165 e. The molecule has 1 aliphatic heterocycles. The Kier molecular flexibility index (Phi) is 7.32. The fourth-order valence-corrected chi connectivity index (χ4v) is 3.27. The standard InChI is InChI=1S/C15H20F2N2O.2ClH/c16-11-4-5-12(17)15(20)13(11)14(10-2-1-3-10)19-8-6-18-7-9-19;;/h4-5,10,14,18,20H,1-3,6-9H2;2*1H/t14-;;/m0../s1. The number of phenolic OH excluding ortho intramolecular Hbond substituents is 1. The molecule has 0 aromatic heterocycles. The molecule has 0 bridgehead atoms. The van der Waals surface area contributed by atoms with Crippen molar-refractivity contribution in [2.24, 2.45) is 5.92 Å². The lowest BCUT2D eigenvalue weighted by Gasteiger charge is -2.43. The molecule has 7 heteroatoms. The summed E-state index contributed by atoms with van der Waals surface area (Å²) in [7, 11) is 0. The zero-order valence-corrected chi connectivity index (χ0v) is 13.9. The van der Waals surface area contributed by atoms with Gasteiger partial charge < -0.3 is 10.4 Å². The third kappa shape index (κ3) is 3.65. The van der Waals surface area contributed by atoms with Crippen LogP contribution in [0, 0.1) is 17.6 Å². The van der Waals surface area contributed by atoms with Crippen molar-refractivity contribution in [3.8, 4) is 5.75 Å². The highest BCUT2D eigenvalue weighted by Crippen LogP contribution is 2.45. The van der Waals surface area contributed by atoms with Crippen LogP contribution in [0.5, 0.6) is 5.75 Å². The Morgan fingerprint density at radius 2 is 1.68 bits per heavy atom. The zero-order valence-electron chi connectivity index (χ0n) is 12.2. The second-order valence-corrected chi connectivity index (χ2v) is 5.71. The number of benzene rings is 1. The van der Waals surface area contributed by atoms with E-state index in [1.807, 2.05) is 0 Å². The molecule has 0 radical (unpaired) electrons. The van der Waals surface area contributed by atoms with Crippen molar-refractivity contribution in [1.29, 1.82) is 0 Å².